The first-order valence-corrected chi connectivity index (χ1v) is 9.19. The number of anilines is 1. The number of hydrogen-bond acceptors (Lipinski definition) is 7. The van der Waals surface area contributed by atoms with Crippen molar-refractivity contribution in [1.29, 1.82) is 0 Å². The Morgan fingerprint density at radius 3 is 2.44 bits per heavy atom. The summed E-state index contributed by atoms with van der Waals surface area (Å²) in [5.74, 6) is -1.38. The first kappa shape index (κ1) is 18.7. The van der Waals surface area contributed by atoms with Crippen molar-refractivity contribution in [3.8, 4) is 0 Å². The second-order valence-corrected chi connectivity index (χ2v) is 7.46. The lowest BCUT2D eigenvalue weighted by atomic mass is 9.92. The topological polar surface area (TPSA) is 149 Å². The molecule has 1 aliphatic carbocycles. The van der Waals surface area contributed by atoms with Crippen LogP contribution in [0, 0.1) is 10.1 Å². The highest BCUT2D eigenvalue weighted by atomic mass is 35.5. The van der Waals surface area contributed by atoms with Crippen LogP contribution in [0.25, 0.3) is 0 Å². The van der Waals surface area contributed by atoms with Gasteiger partial charge in [-0.3, -0.25) is 19.7 Å². The van der Waals surface area contributed by atoms with Gasteiger partial charge in [-0.1, -0.05) is 23.7 Å². The van der Waals surface area contributed by atoms with Crippen LogP contribution in [0.4, 0.5) is 11.4 Å². The summed E-state index contributed by atoms with van der Waals surface area (Å²) in [6, 6.07) is 7.29. The van der Waals surface area contributed by atoms with E-state index in [4.69, 9.17) is 16.7 Å². The van der Waals surface area contributed by atoms with Crippen molar-refractivity contribution in [3.05, 3.63) is 74.4 Å². The van der Waals surface area contributed by atoms with Crippen molar-refractivity contribution in [2.24, 2.45) is 5.14 Å². The molecule has 11 heteroatoms. The minimum Gasteiger partial charge on any atom is -0.351 e. The molecule has 0 fully saturated rings. The molecule has 0 saturated heterocycles. The van der Waals surface area contributed by atoms with Gasteiger partial charge in [0.25, 0.3) is 5.69 Å². The highest BCUT2D eigenvalue weighted by molar-refractivity contribution is 7.89. The van der Waals surface area contributed by atoms with Gasteiger partial charge in [0.2, 0.25) is 15.8 Å². The maximum atomic E-state index is 12.7. The van der Waals surface area contributed by atoms with Crippen LogP contribution < -0.4 is 10.5 Å². The number of halogens is 1. The molecule has 138 valence electrons. The van der Waals surface area contributed by atoms with Gasteiger partial charge in [0.15, 0.2) is 5.78 Å². The summed E-state index contributed by atoms with van der Waals surface area (Å²) in [7, 11) is -4.20. The van der Waals surface area contributed by atoms with Gasteiger partial charge < -0.3 is 5.32 Å². The number of allylic oxidation sites excluding steroid dienone is 2. The number of carbonyl (C=O) groups excluding carboxylic acids is 2. The molecule has 0 amide bonds. The number of carbonyl (C=O) groups is 2. The van der Waals surface area contributed by atoms with Crippen LogP contribution in [0.2, 0.25) is 5.02 Å². The van der Waals surface area contributed by atoms with Crippen molar-refractivity contribution in [2.45, 2.75) is 4.90 Å². The summed E-state index contributed by atoms with van der Waals surface area (Å²) in [6.45, 7) is 0. The van der Waals surface area contributed by atoms with Crippen LogP contribution in [0.15, 0.2) is 53.1 Å². The molecule has 9 nitrogen and oxygen atoms in total. The number of nitro benzene ring substituents is 1. The Bertz CT molecular complexity index is 1160. The van der Waals surface area contributed by atoms with Crippen LogP contribution in [0.1, 0.15) is 20.7 Å². The van der Waals surface area contributed by atoms with Crippen molar-refractivity contribution in [1.82, 2.24) is 0 Å². The molecular weight excluding hydrogens is 398 g/mol. The van der Waals surface area contributed by atoms with Crippen molar-refractivity contribution in [3.63, 3.8) is 0 Å². The third-order valence-electron chi connectivity index (χ3n) is 3.78. The monoisotopic (exact) mass is 407 g/mol. The molecule has 0 aromatic heterocycles. The molecule has 2 aromatic rings. The number of fused-ring (bicyclic) bond motifs is 1. The van der Waals surface area contributed by atoms with Gasteiger partial charge in [0.05, 0.1) is 31.8 Å². The Balaban J connectivity index is 2.02. The quantitative estimate of drug-likeness (QED) is 0.582. The SMILES string of the molecule is NS(=O)(=O)c1cccc2c1C(=O)C=C(Nc1ccc([N+](=O)[O-])cc1Cl)C2=O. The highest BCUT2D eigenvalue weighted by Gasteiger charge is 2.31. The zero-order valence-electron chi connectivity index (χ0n) is 13.3. The van der Waals surface area contributed by atoms with Crippen LogP contribution in [0.5, 0.6) is 0 Å². The largest absolute Gasteiger partial charge is 0.351 e. The number of nitro groups is 1. The van der Waals surface area contributed by atoms with Crippen molar-refractivity contribution in [2.75, 3.05) is 5.32 Å². The van der Waals surface area contributed by atoms with Gasteiger partial charge in [-0.15, -0.1) is 0 Å². The second-order valence-electron chi connectivity index (χ2n) is 5.52. The van der Waals surface area contributed by atoms with Crippen LogP contribution in [0.3, 0.4) is 0 Å². The maximum Gasteiger partial charge on any atom is 0.271 e. The molecule has 1 aliphatic rings. The summed E-state index contributed by atoms with van der Waals surface area (Å²) in [5.41, 5.74) is -0.663. The van der Waals surface area contributed by atoms with E-state index in [1.54, 1.807) is 0 Å². The zero-order valence-corrected chi connectivity index (χ0v) is 14.9. The number of rotatable bonds is 4. The minimum absolute atomic E-state index is 0.0329. The molecule has 0 saturated carbocycles. The molecule has 27 heavy (non-hydrogen) atoms. The fourth-order valence-electron chi connectivity index (χ4n) is 2.58. The Morgan fingerprint density at radius 2 is 1.85 bits per heavy atom. The molecular formula is C16H10ClN3O6S. The Kier molecular flexibility index (Phi) is 4.56. The first-order chi connectivity index (χ1) is 12.6. The van der Waals surface area contributed by atoms with Gasteiger partial charge in [0, 0.05) is 23.8 Å². The van der Waals surface area contributed by atoms with Gasteiger partial charge in [-0.2, -0.15) is 0 Å². The number of nitrogens with one attached hydrogen (secondary N) is 1. The third kappa shape index (κ3) is 3.45. The number of primary sulfonamides is 1. The molecule has 0 radical (unpaired) electrons. The number of hydrogen-bond donors (Lipinski definition) is 2. The second kappa shape index (κ2) is 6.58. The van der Waals surface area contributed by atoms with Gasteiger partial charge in [-0.25, -0.2) is 13.6 Å². The summed E-state index contributed by atoms with van der Waals surface area (Å²) in [4.78, 5) is 34.8. The van der Waals surface area contributed by atoms with Crippen molar-refractivity contribution < 1.29 is 22.9 Å². The fraction of sp³-hybridized carbons (Fsp3) is 0. The Morgan fingerprint density at radius 1 is 1.15 bits per heavy atom. The number of non-ortho nitro benzene ring substituents is 1. The molecule has 2 aromatic carbocycles. The van der Waals surface area contributed by atoms with E-state index in [0.29, 0.717) is 0 Å². The zero-order chi connectivity index (χ0) is 19.9. The Labute approximate surface area is 157 Å². The molecule has 3 N–H and O–H groups in total. The van der Waals surface area contributed by atoms with E-state index in [1.165, 1.54) is 24.3 Å². The smallest absolute Gasteiger partial charge is 0.271 e. The van der Waals surface area contributed by atoms with Crippen LogP contribution in [-0.4, -0.2) is 24.9 Å². The van der Waals surface area contributed by atoms with E-state index in [-0.39, 0.29) is 33.2 Å². The fourth-order valence-corrected chi connectivity index (χ4v) is 3.57. The van der Waals surface area contributed by atoms with Crippen molar-refractivity contribution >= 4 is 44.6 Å². The standard InChI is InChI=1S/C16H10ClN3O6S/c17-10-6-8(20(23)24)4-5-11(10)19-12-7-13(21)15-9(16(12)22)2-1-3-14(15)27(18,25)26/h1-7,19H,(H2,18,25,26). The number of benzene rings is 2. The van der Waals surface area contributed by atoms with Gasteiger partial charge in [0.1, 0.15) is 0 Å². The molecule has 0 heterocycles. The molecule has 3 rings (SSSR count). The molecule has 0 unspecified atom stereocenters. The first-order valence-electron chi connectivity index (χ1n) is 7.27. The molecule has 0 atom stereocenters. The average molecular weight is 408 g/mol. The predicted molar refractivity (Wildman–Crippen MR) is 96.3 cm³/mol. The number of sulfonamides is 1. The van der Waals surface area contributed by atoms with E-state index >= 15 is 0 Å². The highest BCUT2D eigenvalue weighted by Crippen LogP contribution is 2.31. The minimum atomic E-state index is -4.20. The lowest BCUT2D eigenvalue weighted by Gasteiger charge is -2.18. The average Bonchev–Trinajstić information content (AvgIpc) is 2.59. The third-order valence-corrected chi connectivity index (χ3v) is 5.04. The van der Waals surface area contributed by atoms with E-state index in [1.807, 2.05) is 0 Å². The summed E-state index contributed by atoms with van der Waals surface area (Å²) < 4.78 is 23.3. The maximum absolute atomic E-state index is 12.7. The van der Waals surface area contributed by atoms with E-state index in [9.17, 15) is 28.1 Å². The van der Waals surface area contributed by atoms with Crippen LogP contribution >= 0.6 is 11.6 Å². The summed E-state index contributed by atoms with van der Waals surface area (Å²) in [6.07, 6.45) is 0.928. The number of nitrogens with two attached hydrogens (primary N) is 1. The van der Waals surface area contributed by atoms with E-state index in [0.717, 1.165) is 18.2 Å². The normalized spacial score (nSPS) is 13.8. The number of ketones is 2. The van der Waals surface area contributed by atoms with Gasteiger partial charge >= 0.3 is 0 Å². The van der Waals surface area contributed by atoms with Gasteiger partial charge in [-0.05, 0) is 12.1 Å². The number of Topliss-reactive ketones (excluding diaryl/α,β-unsaturated/α-hetero) is 1. The number of nitrogens with zero attached hydrogens (tertiary/aromatic N) is 1. The van der Waals surface area contributed by atoms with E-state index < -0.39 is 31.4 Å². The predicted octanol–water partition coefficient (Wildman–Crippen LogP) is 2.27. The molecule has 0 bridgehead atoms. The molecule has 0 spiro atoms. The van der Waals surface area contributed by atoms with E-state index in [2.05, 4.69) is 5.32 Å². The lowest BCUT2D eigenvalue weighted by Crippen LogP contribution is -2.25. The Hall–Kier alpha value is -3.08. The van der Waals surface area contributed by atoms with Crippen LogP contribution in [-0.2, 0) is 10.0 Å². The summed E-state index contributed by atoms with van der Waals surface area (Å²) in [5, 5.41) is 18.5. The molecule has 0 aliphatic heterocycles. The summed E-state index contributed by atoms with van der Waals surface area (Å²) >= 11 is 5.98. The lowest BCUT2D eigenvalue weighted by molar-refractivity contribution is -0.384.